The molecule has 0 amide bonds. The van der Waals surface area contributed by atoms with Crippen LogP contribution in [0.15, 0.2) is 17.5 Å². The van der Waals surface area contributed by atoms with Crippen LogP contribution in [0.4, 0.5) is 0 Å². The van der Waals surface area contributed by atoms with E-state index in [4.69, 9.17) is 0 Å². The molecule has 0 spiro atoms. The Morgan fingerprint density at radius 1 is 1.11 bits per heavy atom. The maximum absolute atomic E-state index is 3.74. The molecule has 3 aliphatic rings. The number of thioether (sulfide) groups is 1. The van der Waals surface area contributed by atoms with E-state index in [-0.39, 0.29) is 0 Å². The van der Waals surface area contributed by atoms with Crippen LogP contribution in [0.5, 0.6) is 0 Å². The van der Waals surface area contributed by atoms with E-state index >= 15 is 0 Å². The van der Waals surface area contributed by atoms with E-state index in [1.54, 1.807) is 4.88 Å². The van der Waals surface area contributed by atoms with E-state index in [1.165, 1.54) is 19.5 Å². The highest BCUT2D eigenvalue weighted by Gasteiger charge is 2.44. The summed E-state index contributed by atoms with van der Waals surface area (Å²) < 4.78 is 0. The summed E-state index contributed by atoms with van der Waals surface area (Å²) in [6.45, 7) is 3.53. The molecule has 0 aliphatic carbocycles. The van der Waals surface area contributed by atoms with Crippen molar-refractivity contribution in [1.29, 1.82) is 0 Å². The first-order valence-corrected chi connectivity index (χ1v) is 9.17. The van der Waals surface area contributed by atoms with Gasteiger partial charge in [0.15, 0.2) is 0 Å². The van der Waals surface area contributed by atoms with Gasteiger partial charge < -0.3 is 16.0 Å². The molecule has 1 aromatic rings. The van der Waals surface area contributed by atoms with Crippen LogP contribution in [-0.2, 0) is 0 Å². The van der Waals surface area contributed by atoms with Crippen LogP contribution in [0.3, 0.4) is 0 Å². The minimum Gasteiger partial charge on any atom is -0.307 e. The second kappa shape index (κ2) is 5.37. The fourth-order valence-electron chi connectivity index (χ4n) is 3.88. The van der Waals surface area contributed by atoms with Crippen molar-refractivity contribution in [2.75, 3.05) is 25.5 Å². The lowest BCUT2D eigenvalue weighted by Gasteiger charge is -2.36. The van der Waals surface area contributed by atoms with Gasteiger partial charge in [0.25, 0.3) is 0 Å². The van der Waals surface area contributed by atoms with Gasteiger partial charge in [-0.3, -0.25) is 0 Å². The molecule has 4 rings (SSSR count). The second-order valence-electron chi connectivity index (χ2n) is 5.87. The van der Waals surface area contributed by atoms with Crippen molar-refractivity contribution in [3.63, 3.8) is 0 Å². The number of nitrogens with one attached hydrogen (secondary N) is 3. The number of piperidine rings is 1. The Balaban J connectivity index is 1.49. The molecule has 3 fully saturated rings. The number of fused-ring (bicyclic) bond motifs is 1. The van der Waals surface area contributed by atoms with Crippen molar-refractivity contribution in [2.45, 2.75) is 23.8 Å². The highest BCUT2D eigenvalue weighted by Crippen LogP contribution is 2.41. The second-order valence-corrected chi connectivity index (χ2v) is 8.08. The number of hydrogen-bond donors (Lipinski definition) is 3. The van der Waals surface area contributed by atoms with Crippen molar-refractivity contribution < 1.29 is 0 Å². The zero-order valence-electron chi connectivity index (χ0n) is 11.0. The van der Waals surface area contributed by atoms with Gasteiger partial charge in [-0.2, -0.15) is 0 Å². The van der Waals surface area contributed by atoms with Crippen LogP contribution in [0.2, 0.25) is 0 Å². The molecule has 5 heteroatoms. The summed E-state index contributed by atoms with van der Waals surface area (Å²) in [4.78, 5) is 1.56. The molecule has 3 aliphatic heterocycles. The first-order valence-electron chi connectivity index (χ1n) is 7.24. The highest BCUT2D eigenvalue weighted by atomic mass is 32.2. The Kier molecular flexibility index (Phi) is 3.58. The third kappa shape index (κ3) is 2.36. The first-order chi connectivity index (χ1) is 9.42. The molecule has 19 heavy (non-hydrogen) atoms. The molecule has 104 valence electrons. The third-order valence-corrected chi connectivity index (χ3v) is 7.21. The molecule has 0 bridgehead atoms. The maximum Gasteiger partial charge on any atom is 0.0604 e. The van der Waals surface area contributed by atoms with Crippen molar-refractivity contribution in [1.82, 2.24) is 16.0 Å². The van der Waals surface area contributed by atoms with Crippen LogP contribution >= 0.6 is 23.1 Å². The zero-order valence-corrected chi connectivity index (χ0v) is 12.6. The summed E-state index contributed by atoms with van der Waals surface area (Å²) in [5, 5.41) is 14.0. The van der Waals surface area contributed by atoms with Crippen LogP contribution < -0.4 is 16.0 Å². The monoisotopic (exact) mass is 295 g/mol. The summed E-state index contributed by atoms with van der Waals surface area (Å²) in [5.41, 5.74) is 0. The smallest absolute Gasteiger partial charge is 0.0604 e. The van der Waals surface area contributed by atoms with Crippen molar-refractivity contribution in [3.8, 4) is 0 Å². The van der Waals surface area contributed by atoms with Crippen molar-refractivity contribution in [2.24, 2.45) is 11.8 Å². The SMILES string of the molecule is c1csc(C2CNC3NCC(C4CNCS4)C3C2)c1. The standard InChI is InChI=1S/C14H21N3S2/c1-2-12(18-3-1)9-4-10-11(13-7-15-8-19-13)6-17-14(10)16-5-9/h1-3,9-11,13-17H,4-8H2. The van der Waals surface area contributed by atoms with Crippen molar-refractivity contribution in [3.05, 3.63) is 22.4 Å². The summed E-state index contributed by atoms with van der Waals surface area (Å²) in [7, 11) is 0. The molecule has 4 heterocycles. The Morgan fingerprint density at radius 3 is 2.84 bits per heavy atom. The Labute approximate surface area is 122 Å². The molecule has 1 aromatic heterocycles. The average molecular weight is 295 g/mol. The predicted molar refractivity (Wildman–Crippen MR) is 82.7 cm³/mol. The van der Waals surface area contributed by atoms with Gasteiger partial charge in [-0.15, -0.1) is 23.1 Å². The van der Waals surface area contributed by atoms with Crippen molar-refractivity contribution >= 4 is 23.1 Å². The lowest BCUT2D eigenvalue weighted by atomic mass is 9.80. The molecule has 0 saturated carbocycles. The molecule has 3 N–H and O–H groups in total. The number of hydrogen-bond acceptors (Lipinski definition) is 5. The fourth-order valence-corrected chi connectivity index (χ4v) is 5.95. The Morgan fingerprint density at radius 2 is 2.05 bits per heavy atom. The molecule has 0 radical (unpaired) electrons. The normalized spacial score (nSPS) is 42.4. The molecule has 3 saturated heterocycles. The van der Waals surface area contributed by atoms with E-state index in [9.17, 15) is 0 Å². The van der Waals surface area contributed by atoms with Gasteiger partial charge >= 0.3 is 0 Å². The van der Waals surface area contributed by atoms with Gasteiger partial charge in [-0.25, -0.2) is 0 Å². The van der Waals surface area contributed by atoms with Crippen LogP contribution in [-0.4, -0.2) is 36.9 Å². The van der Waals surface area contributed by atoms with Gasteiger partial charge in [0, 0.05) is 41.6 Å². The minimum atomic E-state index is 0.558. The number of rotatable bonds is 2. The maximum atomic E-state index is 3.74. The summed E-state index contributed by atoms with van der Waals surface area (Å²) in [6.07, 6.45) is 1.91. The largest absolute Gasteiger partial charge is 0.307 e. The predicted octanol–water partition coefficient (Wildman–Crippen LogP) is 1.65. The van der Waals surface area contributed by atoms with Crippen LogP contribution in [0, 0.1) is 11.8 Å². The molecule has 3 nitrogen and oxygen atoms in total. The topological polar surface area (TPSA) is 36.1 Å². The molecule has 0 aromatic carbocycles. The van der Waals surface area contributed by atoms with E-state index in [2.05, 4.69) is 45.2 Å². The summed E-state index contributed by atoms with van der Waals surface area (Å²) >= 11 is 4.04. The molecule has 5 unspecified atom stereocenters. The molecular weight excluding hydrogens is 274 g/mol. The fraction of sp³-hybridized carbons (Fsp3) is 0.714. The van der Waals surface area contributed by atoms with Crippen LogP contribution in [0.1, 0.15) is 17.2 Å². The Hall–Kier alpha value is -0.0700. The van der Waals surface area contributed by atoms with Gasteiger partial charge in [0.05, 0.1) is 6.17 Å². The quantitative estimate of drug-likeness (QED) is 0.775. The lowest BCUT2D eigenvalue weighted by Crippen LogP contribution is -2.49. The first kappa shape index (κ1) is 12.7. The van der Waals surface area contributed by atoms with Gasteiger partial charge in [0.2, 0.25) is 0 Å². The van der Waals surface area contributed by atoms with Gasteiger partial charge in [-0.1, -0.05) is 6.07 Å². The average Bonchev–Trinajstić information content (AvgIpc) is 3.18. The van der Waals surface area contributed by atoms with Gasteiger partial charge in [-0.05, 0) is 29.7 Å². The summed E-state index contributed by atoms with van der Waals surface area (Å²) in [6, 6.07) is 4.49. The van der Waals surface area contributed by atoms with E-state index < -0.39 is 0 Å². The Bertz CT molecular complexity index is 416. The molecular formula is C14H21N3S2. The molecule has 5 atom stereocenters. The highest BCUT2D eigenvalue weighted by molar-refractivity contribution is 8.00. The van der Waals surface area contributed by atoms with Crippen LogP contribution in [0.25, 0.3) is 0 Å². The summed E-state index contributed by atoms with van der Waals surface area (Å²) in [5.74, 6) is 3.50. The number of thiophene rings is 1. The minimum absolute atomic E-state index is 0.558. The van der Waals surface area contributed by atoms with Gasteiger partial charge in [0.1, 0.15) is 0 Å². The zero-order chi connectivity index (χ0) is 12.7. The van der Waals surface area contributed by atoms with E-state index in [1.807, 2.05) is 11.3 Å². The van der Waals surface area contributed by atoms with E-state index in [0.29, 0.717) is 6.17 Å². The lowest BCUT2D eigenvalue weighted by molar-refractivity contribution is 0.233. The van der Waals surface area contributed by atoms with E-state index in [0.717, 1.165) is 35.4 Å². The third-order valence-electron chi connectivity index (χ3n) is 4.86.